The lowest BCUT2D eigenvalue weighted by Gasteiger charge is -2.45. The zero-order chi connectivity index (χ0) is 26.6. The predicted octanol–water partition coefficient (Wildman–Crippen LogP) is 4.49. The van der Waals surface area contributed by atoms with Crippen molar-refractivity contribution in [3.8, 4) is 5.75 Å². The Morgan fingerprint density at radius 3 is 2.11 bits per heavy atom. The van der Waals surface area contributed by atoms with Crippen molar-refractivity contribution in [2.75, 3.05) is 52.9 Å². The van der Waals surface area contributed by atoms with Gasteiger partial charge in [0, 0.05) is 56.7 Å². The Bertz CT molecular complexity index is 1100. The maximum absolute atomic E-state index is 14.9. The second-order valence-corrected chi connectivity index (χ2v) is 11.5. The average molecular weight is 522 g/mol. The lowest BCUT2D eigenvalue weighted by atomic mass is 9.73. The number of piperidine rings is 1. The second kappa shape index (κ2) is 11.4. The van der Waals surface area contributed by atoms with Crippen LogP contribution in [0.2, 0.25) is 0 Å². The van der Waals surface area contributed by atoms with Crippen molar-refractivity contribution in [3.05, 3.63) is 66.0 Å². The Kier molecular flexibility index (Phi) is 8.03. The van der Waals surface area contributed by atoms with E-state index in [0.717, 1.165) is 44.8 Å². The van der Waals surface area contributed by atoms with Crippen molar-refractivity contribution >= 4 is 11.8 Å². The lowest BCUT2D eigenvalue weighted by Crippen LogP contribution is -2.53. The summed E-state index contributed by atoms with van der Waals surface area (Å²) in [7, 11) is 2.09. The van der Waals surface area contributed by atoms with Crippen molar-refractivity contribution in [2.24, 2.45) is 5.41 Å². The fraction of sp³-hybridized carbons (Fsp3) is 0.548. The summed E-state index contributed by atoms with van der Waals surface area (Å²) in [6.07, 6.45) is 5.05. The topological polar surface area (TPSA) is 53.1 Å². The van der Waals surface area contributed by atoms with Gasteiger partial charge in [-0.2, -0.15) is 0 Å². The first-order chi connectivity index (χ1) is 18.4. The molecule has 0 bridgehead atoms. The first-order valence-corrected chi connectivity index (χ1v) is 14.1. The van der Waals surface area contributed by atoms with Gasteiger partial charge in [0.2, 0.25) is 11.8 Å². The predicted molar refractivity (Wildman–Crippen MR) is 145 cm³/mol. The molecule has 2 aromatic rings. The zero-order valence-electron chi connectivity index (χ0n) is 22.5. The van der Waals surface area contributed by atoms with E-state index in [2.05, 4.69) is 11.9 Å². The van der Waals surface area contributed by atoms with Crippen molar-refractivity contribution in [2.45, 2.75) is 50.4 Å². The number of likely N-dealkylation sites (tertiary alicyclic amines) is 1. The van der Waals surface area contributed by atoms with Gasteiger partial charge in [-0.1, -0.05) is 49.2 Å². The van der Waals surface area contributed by atoms with Crippen LogP contribution in [-0.4, -0.2) is 79.4 Å². The highest BCUT2D eigenvalue weighted by atomic mass is 19.1. The summed E-state index contributed by atoms with van der Waals surface area (Å²) >= 11 is 0. The van der Waals surface area contributed by atoms with Crippen LogP contribution in [0, 0.1) is 11.2 Å². The van der Waals surface area contributed by atoms with Crippen LogP contribution in [0.15, 0.2) is 54.6 Å². The molecule has 5 rings (SSSR count). The van der Waals surface area contributed by atoms with Crippen molar-refractivity contribution in [3.63, 3.8) is 0 Å². The number of nitrogens with zero attached hydrogens (tertiary/aromatic N) is 3. The molecule has 2 heterocycles. The number of para-hydroxylation sites is 1. The molecule has 38 heavy (non-hydrogen) atoms. The molecule has 3 fully saturated rings. The summed E-state index contributed by atoms with van der Waals surface area (Å²) in [5.74, 6) is 0.723. The molecule has 0 spiro atoms. The molecule has 0 aromatic heterocycles. The molecule has 6 nitrogen and oxygen atoms in total. The molecule has 2 aliphatic heterocycles. The van der Waals surface area contributed by atoms with E-state index >= 15 is 0 Å². The number of hydrogen-bond donors (Lipinski definition) is 0. The number of carbonyl (C=O) groups is 2. The Morgan fingerprint density at radius 1 is 0.816 bits per heavy atom. The van der Waals surface area contributed by atoms with Crippen molar-refractivity contribution in [1.82, 2.24) is 14.7 Å². The van der Waals surface area contributed by atoms with Gasteiger partial charge in [-0.15, -0.1) is 0 Å². The Morgan fingerprint density at radius 2 is 1.45 bits per heavy atom. The molecule has 0 N–H and O–H groups in total. The van der Waals surface area contributed by atoms with Crippen LogP contribution in [0.25, 0.3) is 0 Å². The molecule has 3 aliphatic rings. The molecule has 0 unspecified atom stereocenters. The van der Waals surface area contributed by atoms with Crippen LogP contribution in [0.1, 0.15) is 50.5 Å². The van der Waals surface area contributed by atoms with Gasteiger partial charge in [0.15, 0.2) is 0 Å². The number of piperazine rings is 1. The fourth-order valence-corrected chi connectivity index (χ4v) is 6.53. The van der Waals surface area contributed by atoms with Gasteiger partial charge < -0.3 is 19.4 Å². The Labute approximate surface area is 225 Å². The molecule has 1 aliphatic carbocycles. The highest BCUT2D eigenvalue weighted by Gasteiger charge is 2.48. The normalized spacial score (nSPS) is 21.3. The molecule has 2 aromatic carbocycles. The van der Waals surface area contributed by atoms with E-state index in [0.29, 0.717) is 57.4 Å². The van der Waals surface area contributed by atoms with E-state index in [1.807, 2.05) is 46.2 Å². The summed E-state index contributed by atoms with van der Waals surface area (Å²) in [5.41, 5.74) is -0.577. The first kappa shape index (κ1) is 26.7. The minimum absolute atomic E-state index is 0.0445. The summed E-state index contributed by atoms with van der Waals surface area (Å²) in [6.45, 7) is 4.84. The van der Waals surface area contributed by atoms with E-state index in [1.165, 1.54) is 6.07 Å². The van der Waals surface area contributed by atoms with Gasteiger partial charge >= 0.3 is 0 Å². The number of likely N-dealkylation sites (N-methyl/N-ethyl adjacent to an activating group) is 1. The monoisotopic (exact) mass is 521 g/mol. The standard InChI is InChI=1S/C31H40FN3O3/c1-33-19-21-34(22-20-33)28(36)23-30(24-38-25-9-3-2-4-10-25)15-17-35(18-16-30)29(37)31(13-7-8-14-31)26-11-5-6-12-27(26)32/h2-6,9-12H,7-8,13-24H2,1H3. The molecule has 0 atom stereocenters. The number of rotatable bonds is 7. The average Bonchev–Trinajstić information content (AvgIpc) is 3.44. The van der Waals surface area contributed by atoms with E-state index in [1.54, 1.807) is 12.1 Å². The molecular formula is C31H40FN3O3. The maximum Gasteiger partial charge on any atom is 0.233 e. The van der Waals surface area contributed by atoms with Crippen LogP contribution >= 0.6 is 0 Å². The van der Waals surface area contributed by atoms with E-state index in [-0.39, 0.29) is 23.0 Å². The number of amides is 2. The maximum atomic E-state index is 14.9. The van der Waals surface area contributed by atoms with Crippen LogP contribution in [0.3, 0.4) is 0 Å². The molecule has 2 saturated heterocycles. The number of ether oxygens (including phenoxy) is 1. The first-order valence-electron chi connectivity index (χ1n) is 14.1. The Balaban J connectivity index is 1.31. The molecule has 204 valence electrons. The quantitative estimate of drug-likeness (QED) is 0.539. The third kappa shape index (κ3) is 5.58. The van der Waals surface area contributed by atoms with Crippen LogP contribution in [-0.2, 0) is 15.0 Å². The molecule has 7 heteroatoms. The second-order valence-electron chi connectivity index (χ2n) is 11.5. The van der Waals surface area contributed by atoms with Gasteiger partial charge in [-0.3, -0.25) is 9.59 Å². The third-order valence-corrected chi connectivity index (χ3v) is 9.04. The van der Waals surface area contributed by atoms with Gasteiger partial charge in [0.25, 0.3) is 0 Å². The largest absolute Gasteiger partial charge is 0.493 e. The summed E-state index contributed by atoms with van der Waals surface area (Å²) < 4.78 is 21.1. The molecule has 0 radical (unpaired) electrons. The summed E-state index contributed by atoms with van der Waals surface area (Å²) in [4.78, 5) is 33.6. The van der Waals surface area contributed by atoms with E-state index in [9.17, 15) is 14.0 Å². The zero-order valence-corrected chi connectivity index (χ0v) is 22.5. The number of halogens is 1. The van der Waals surface area contributed by atoms with Gasteiger partial charge in [0.05, 0.1) is 12.0 Å². The highest BCUT2D eigenvalue weighted by Crippen LogP contribution is 2.45. The summed E-state index contributed by atoms with van der Waals surface area (Å²) in [5, 5.41) is 0. The van der Waals surface area contributed by atoms with Gasteiger partial charge in [-0.25, -0.2) is 4.39 Å². The van der Waals surface area contributed by atoms with Crippen molar-refractivity contribution in [1.29, 1.82) is 0 Å². The summed E-state index contributed by atoms with van der Waals surface area (Å²) in [6, 6.07) is 16.5. The van der Waals surface area contributed by atoms with E-state index < -0.39 is 5.41 Å². The minimum Gasteiger partial charge on any atom is -0.493 e. The van der Waals surface area contributed by atoms with Crippen LogP contribution in [0.4, 0.5) is 4.39 Å². The molecule has 1 saturated carbocycles. The smallest absolute Gasteiger partial charge is 0.233 e. The number of benzene rings is 2. The third-order valence-electron chi connectivity index (χ3n) is 9.04. The van der Waals surface area contributed by atoms with Crippen molar-refractivity contribution < 1.29 is 18.7 Å². The lowest BCUT2D eigenvalue weighted by molar-refractivity contribution is -0.142. The number of carbonyl (C=O) groups excluding carboxylic acids is 2. The minimum atomic E-state index is -0.776. The van der Waals surface area contributed by atoms with Gasteiger partial charge in [-0.05, 0) is 50.9 Å². The SMILES string of the molecule is CN1CCN(C(=O)CC2(COc3ccccc3)CCN(C(=O)C3(c4ccccc4F)CCCC3)CC2)CC1. The van der Waals surface area contributed by atoms with Crippen LogP contribution < -0.4 is 4.74 Å². The Hall–Kier alpha value is -2.93. The molecule has 2 amide bonds. The highest BCUT2D eigenvalue weighted by molar-refractivity contribution is 5.89. The van der Waals surface area contributed by atoms with E-state index in [4.69, 9.17) is 4.74 Å². The van der Waals surface area contributed by atoms with Gasteiger partial charge in [0.1, 0.15) is 11.6 Å². The molecular weight excluding hydrogens is 481 g/mol. The van der Waals surface area contributed by atoms with Crippen LogP contribution in [0.5, 0.6) is 5.75 Å². The fourth-order valence-electron chi connectivity index (χ4n) is 6.53. The number of hydrogen-bond acceptors (Lipinski definition) is 4.